The molecule has 0 spiro atoms. The van der Waals surface area contributed by atoms with Crippen molar-refractivity contribution in [2.24, 2.45) is 0 Å². The maximum atomic E-state index is 13.3. The molecule has 0 atom stereocenters. The highest BCUT2D eigenvalue weighted by Crippen LogP contribution is 2.16. The molecule has 0 saturated carbocycles. The molecule has 10 heteroatoms. The third kappa shape index (κ3) is 3.91. The molecule has 0 unspecified atom stereocenters. The predicted molar refractivity (Wildman–Crippen MR) is 98.8 cm³/mol. The van der Waals surface area contributed by atoms with Gasteiger partial charge in [-0.2, -0.15) is 0 Å². The number of aromatic amines is 1. The van der Waals surface area contributed by atoms with Crippen molar-refractivity contribution in [2.45, 2.75) is 13.0 Å². The van der Waals surface area contributed by atoms with E-state index in [-0.39, 0.29) is 12.5 Å². The Balaban J connectivity index is 1.40. The Morgan fingerprint density at radius 2 is 1.93 bits per heavy atom. The summed E-state index contributed by atoms with van der Waals surface area (Å²) in [6, 6.07) is 2.11. The number of hydrogen-bond donors (Lipinski definition) is 3. The van der Waals surface area contributed by atoms with Crippen molar-refractivity contribution in [3.05, 3.63) is 47.5 Å². The van der Waals surface area contributed by atoms with Gasteiger partial charge in [-0.3, -0.25) is 4.79 Å². The van der Waals surface area contributed by atoms with Gasteiger partial charge in [0, 0.05) is 44.2 Å². The van der Waals surface area contributed by atoms with Gasteiger partial charge in [0.2, 0.25) is 5.95 Å². The van der Waals surface area contributed by atoms with Crippen LogP contribution in [0, 0.1) is 11.6 Å². The van der Waals surface area contributed by atoms with Gasteiger partial charge in [0.25, 0.3) is 5.91 Å². The summed E-state index contributed by atoms with van der Waals surface area (Å²) in [7, 11) is 0. The van der Waals surface area contributed by atoms with Crippen molar-refractivity contribution in [3.8, 4) is 0 Å². The largest absolute Gasteiger partial charge is 0.347 e. The van der Waals surface area contributed by atoms with Crippen LogP contribution in [0.5, 0.6) is 0 Å². The lowest BCUT2D eigenvalue weighted by Crippen LogP contribution is -2.34. The van der Waals surface area contributed by atoms with E-state index in [1.807, 2.05) is 0 Å². The number of hydrogen-bond acceptors (Lipinski definition) is 6. The molecule has 1 amide bonds. The second kappa shape index (κ2) is 7.85. The van der Waals surface area contributed by atoms with Crippen LogP contribution in [0.2, 0.25) is 0 Å². The van der Waals surface area contributed by atoms with E-state index in [2.05, 4.69) is 30.6 Å². The summed E-state index contributed by atoms with van der Waals surface area (Å²) in [5.41, 5.74) is 1.18. The molecule has 3 N–H and O–H groups in total. The Morgan fingerprint density at radius 3 is 2.75 bits per heavy atom. The molecular formula is C18H19F2N7O. The molecule has 0 aliphatic carbocycles. The predicted octanol–water partition coefficient (Wildman–Crippen LogP) is 1.68. The number of halogens is 2. The van der Waals surface area contributed by atoms with E-state index < -0.39 is 11.6 Å². The van der Waals surface area contributed by atoms with Gasteiger partial charge < -0.3 is 20.5 Å². The molecule has 1 aromatic carbocycles. The molecular weight excluding hydrogens is 368 g/mol. The molecule has 2 aromatic heterocycles. The number of amides is 1. The van der Waals surface area contributed by atoms with Gasteiger partial charge in [0.15, 0.2) is 11.6 Å². The molecule has 3 heterocycles. The Labute approximate surface area is 159 Å². The summed E-state index contributed by atoms with van der Waals surface area (Å²) in [5.74, 6) is -1.15. The zero-order valence-electron chi connectivity index (χ0n) is 15.0. The molecule has 146 valence electrons. The van der Waals surface area contributed by atoms with E-state index in [0.29, 0.717) is 41.5 Å². The normalized spacial score (nSPS) is 14.9. The van der Waals surface area contributed by atoms with Gasteiger partial charge in [-0.05, 0) is 13.0 Å². The fourth-order valence-corrected chi connectivity index (χ4v) is 3.07. The van der Waals surface area contributed by atoms with Gasteiger partial charge in [-0.15, -0.1) is 0 Å². The van der Waals surface area contributed by atoms with Crippen LogP contribution in [0.25, 0.3) is 11.0 Å². The first-order chi connectivity index (χ1) is 13.6. The monoisotopic (exact) mass is 387 g/mol. The summed E-state index contributed by atoms with van der Waals surface area (Å²) in [6.45, 7) is 3.29. The van der Waals surface area contributed by atoms with Crippen molar-refractivity contribution in [2.75, 3.05) is 31.5 Å². The quantitative estimate of drug-likeness (QED) is 0.630. The van der Waals surface area contributed by atoms with Crippen molar-refractivity contribution >= 4 is 22.9 Å². The molecule has 1 aliphatic rings. The average Bonchev–Trinajstić information content (AvgIpc) is 2.91. The Hall–Kier alpha value is -3.14. The maximum Gasteiger partial charge on any atom is 0.257 e. The highest BCUT2D eigenvalue weighted by atomic mass is 19.2. The molecule has 3 aromatic rings. The van der Waals surface area contributed by atoms with Crippen LogP contribution in [0.15, 0.2) is 24.5 Å². The SMILES string of the molecule is O=C(c1cnc(NCc2nc3cc(F)c(F)cc3[nH]2)nc1)N1CCCNCC1. The van der Waals surface area contributed by atoms with Gasteiger partial charge >= 0.3 is 0 Å². The summed E-state index contributed by atoms with van der Waals surface area (Å²) in [5, 5.41) is 6.22. The van der Waals surface area contributed by atoms with Crippen molar-refractivity contribution in [1.82, 2.24) is 30.2 Å². The van der Waals surface area contributed by atoms with Gasteiger partial charge in [0.05, 0.1) is 23.1 Å². The fourth-order valence-electron chi connectivity index (χ4n) is 3.07. The third-order valence-corrected chi connectivity index (χ3v) is 4.51. The summed E-state index contributed by atoms with van der Waals surface area (Å²) in [6.07, 6.45) is 3.89. The van der Waals surface area contributed by atoms with Crippen LogP contribution in [0.4, 0.5) is 14.7 Å². The van der Waals surface area contributed by atoms with Gasteiger partial charge in [-0.1, -0.05) is 0 Å². The number of benzene rings is 1. The molecule has 4 rings (SSSR count). The van der Waals surface area contributed by atoms with E-state index in [1.54, 1.807) is 4.90 Å². The van der Waals surface area contributed by atoms with E-state index >= 15 is 0 Å². The van der Waals surface area contributed by atoms with E-state index in [4.69, 9.17) is 0 Å². The zero-order valence-corrected chi connectivity index (χ0v) is 15.0. The molecule has 1 fully saturated rings. The maximum absolute atomic E-state index is 13.3. The number of imidazole rings is 1. The number of aromatic nitrogens is 4. The third-order valence-electron chi connectivity index (χ3n) is 4.51. The van der Waals surface area contributed by atoms with Gasteiger partial charge in [0.1, 0.15) is 5.82 Å². The minimum atomic E-state index is -0.942. The summed E-state index contributed by atoms with van der Waals surface area (Å²) >= 11 is 0. The van der Waals surface area contributed by atoms with E-state index in [1.165, 1.54) is 12.4 Å². The number of nitrogens with zero attached hydrogens (tertiary/aromatic N) is 4. The van der Waals surface area contributed by atoms with Gasteiger partial charge in [-0.25, -0.2) is 23.7 Å². The minimum Gasteiger partial charge on any atom is -0.347 e. The van der Waals surface area contributed by atoms with E-state index in [9.17, 15) is 13.6 Å². The van der Waals surface area contributed by atoms with Crippen LogP contribution in [0.3, 0.4) is 0 Å². The number of nitrogens with one attached hydrogen (secondary N) is 3. The van der Waals surface area contributed by atoms with Crippen LogP contribution in [-0.4, -0.2) is 56.9 Å². The highest BCUT2D eigenvalue weighted by Gasteiger charge is 2.18. The average molecular weight is 387 g/mol. The van der Waals surface area contributed by atoms with Crippen molar-refractivity contribution in [1.29, 1.82) is 0 Å². The first kappa shape index (κ1) is 18.2. The van der Waals surface area contributed by atoms with E-state index in [0.717, 1.165) is 31.6 Å². The summed E-state index contributed by atoms with van der Waals surface area (Å²) < 4.78 is 26.5. The first-order valence-corrected chi connectivity index (χ1v) is 9.00. The van der Waals surface area contributed by atoms with Crippen LogP contribution < -0.4 is 10.6 Å². The number of H-pyrrole nitrogens is 1. The minimum absolute atomic E-state index is 0.0865. The lowest BCUT2D eigenvalue weighted by molar-refractivity contribution is 0.0765. The number of carbonyl (C=O) groups excluding carboxylic acids is 1. The second-order valence-corrected chi connectivity index (χ2v) is 6.51. The Morgan fingerprint density at radius 1 is 1.14 bits per heavy atom. The number of anilines is 1. The smallest absolute Gasteiger partial charge is 0.257 e. The molecule has 28 heavy (non-hydrogen) atoms. The Kier molecular flexibility index (Phi) is 5.11. The molecule has 0 radical (unpaired) electrons. The number of carbonyl (C=O) groups is 1. The van der Waals surface area contributed by atoms with Crippen molar-refractivity contribution in [3.63, 3.8) is 0 Å². The zero-order chi connectivity index (χ0) is 19.5. The summed E-state index contributed by atoms with van der Waals surface area (Å²) in [4.78, 5) is 29.8. The highest BCUT2D eigenvalue weighted by molar-refractivity contribution is 5.93. The van der Waals surface area contributed by atoms with Crippen LogP contribution in [-0.2, 0) is 6.54 Å². The lowest BCUT2D eigenvalue weighted by Gasteiger charge is -2.19. The lowest BCUT2D eigenvalue weighted by atomic mass is 10.3. The second-order valence-electron chi connectivity index (χ2n) is 6.51. The van der Waals surface area contributed by atoms with Crippen LogP contribution in [0.1, 0.15) is 22.6 Å². The van der Waals surface area contributed by atoms with Crippen LogP contribution >= 0.6 is 0 Å². The standard InChI is InChI=1S/C18H19F2N7O/c19-12-6-14-15(7-13(12)20)26-16(25-14)10-24-18-22-8-11(9-23-18)17(28)27-4-1-2-21-3-5-27/h6-9,21H,1-5,10H2,(H,25,26)(H,22,23,24). The Bertz CT molecular complexity index is 943. The first-order valence-electron chi connectivity index (χ1n) is 9.00. The number of rotatable bonds is 4. The molecule has 0 bridgehead atoms. The number of fused-ring (bicyclic) bond motifs is 1. The molecule has 1 saturated heterocycles. The topological polar surface area (TPSA) is 98.8 Å². The fraction of sp³-hybridized carbons (Fsp3) is 0.333. The molecule has 8 nitrogen and oxygen atoms in total. The molecule has 1 aliphatic heterocycles. The van der Waals surface area contributed by atoms with Crippen molar-refractivity contribution < 1.29 is 13.6 Å².